The Morgan fingerprint density at radius 1 is 0.950 bits per heavy atom. The number of carbonyl (C=O) groups excluding carboxylic acids is 2. The molecule has 40 heavy (non-hydrogen) atoms. The summed E-state index contributed by atoms with van der Waals surface area (Å²) in [5.74, 6) is 2.66. The third-order valence-corrected chi connectivity index (χ3v) is 8.23. The molecule has 1 saturated heterocycles. The Bertz CT molecular complexity index is 1320. The van der Waals surface area contributed by atoms with Gasteiger partial charge in [0.15, 0.2) is 0 Å². The second-order valence-electron chi connectivity index (χ2n) is 10.3. The highest BCUT2D eigenvalue weighted by Gasteiger charge is 2.24. The summed E-state index contributed by atoms with van der Waals surface area (Å²) >= 11 is 1.99. The van der Waals surface area contributed by atoms with E-state index in [1.165, 1.54) is 24.5 Å². The molecule has 3 aromatic carbocycles. The summed E-state index contributed by atoms with van der Waals surface area (Å²) in [6.45, 7) is 3.79. The first-order valence-corrected chi connectivity index (χ1v) is 15.1. The summed E-state index contributed by atoms with van der Waals surface area (Å²) in [7, 11) is 0. The molecule has 1 atom stereocenters. The second-order valence-corrected chi connectivity index (χ2v) is 11.5. The van der Waals surface area contributed by atoms with Crippen molar-refractivity contribution in [3.05, 3.63) is 95.6 Å². The number of nitrogens with zero attached hydrogens (tertiary/aromatic N) is 1. The van der Waals surface area contributed by atoms with Crippen LogP contribution in [0.1, 0.15) is 41.5 Å². The maximum absolute atomic E-state index is 13.5. The molecule has 0 bridgehead atoms. The third kappa shape index (κ3) is 7.97. The maximum atomic E-state index is 13.5. The van der Waals surface area contributed by atoms with Gasteiger partial charge in [-0.1, -0.05) is 48.5 Å². The van der Waals surface area contributed by atoms with Crippen LogP contribution in [0.4, 0.5) is 17.1 Å². The van der Waals surface area contributed by atoms with Gasteiger partial charge >= 0.3 is 0 Å². The number of nitrogens with one attached hydrogen (secondary N) is 3. The Kier molecular flexibility index (Phi) is 9.54. The summed E-state index contributed by atoms with van der Waals surface area (Å²) < 4.78 is 0. The zero-order valence-electron chi connectivity index (χ0n) is 22.6. The van der Waals surface area contributed by atoms with Crippen LogP contribution in [0, 0.1) is 0 Å². The smallest absolute Gasteiger partial charge is 0.248 e. The molecular weight excluding hydrogens is 518 g/mol. The Morgan fingerprint density at radius 2 is 1.68 bits per heavy atom. The minimum absolute atomic E-state index is 0.0866. The van der Waals surface area contributed by atoms with Crippen LogP contribution < -0.4 is 21.7 Å². The van der Waals surface area contributed by atoms with Gasteiger partial charge < -0.3 is 26.6 Å². The van der Waals surface area contributed by atoms with Crippen molar-refractivity contribution in [2.75, 3.05) is 54.1 Å². The molecule has 1 saturated carbocycles. The Labute approximate surface area is 240 Å². The molecule has 8 heteroatoms. The van der Waals surface area contributed by atoms with E-state index in [4.69, 9.17) is 5.73 Å². The molecule has 5 rings (SSSR count). The van der Waals surface area contributed by atoms with Crippen LogP contribution in [0.2, 0.25) is 0 Å². The van der Waals surface area contributed by atoms with Crippen LogP contribution in [0.3, 0.4) is 0 Å². The van der Waals surface area contributed by atoms with E-state index < -0.39 is 6.04 Å². The Balaban J connectivity index is 1.23. The predicted molar refractivity (Wildman–Crippen MR) is 167 cm³/mol. The summed E-state index contributed by atoms with van der Waals surface area (Å²) in [4.78, 5) is 28.3. The van der Waals surface area contributed by atoms with Crippen molar-refractivity contribution >= 4 is 46.7 Å². The van der Waals surface area contributed by atoms with Crippen molar-refractivity contribution in [2.45, 2.75) is 24.8 Å². The zero-order valence-corrected chi connectivity index (χ0v) is 23.5. The molecule has 0 spiro atoms. The topological polar surface area (TPSA) is 99.5 Å². The molecule has 2 aliphatic rings. The van der Waals surface area contributed by atoms with Gasteiger partial charge in [-0.2, -0.15) is 11.8 Å². The largest absolute Gasteiger partial charge is 0.397 e. The molecule has 208 valence electrons. The summed E-state index contributed by atoms with van der Waals surface area (Å²) in [6, 6.07) is 22.6. The highest BCUT2D eigenvalue weighted by atomic mass is 32.2. The van der Waals surface area contributed by atoms with E-state index in [2.05, 4.69) is 33.0 Å². The molecule has 1 unspecified atom stereocenters. The minimum Gasteiger partial charge on any atom is -0.397 e. The highest BCUT2D eigenvalue weighted by molar-refractivity contribution is 7.99. The molecule has 0 radical (unpaired) electrons. The molecular formula is C32H37N5O2S. The minimum atomic E-state index is -0.496. The molecule has 0 aromatic heterocycles. The van der Waals surface area contributed by atoms with Crippen molar-refractivity contribution < 1.29 is 9.59 Å². The molecule has 1 aliphatic carbocycles. The number of anilines is 3. The van der Waals surface area contributed by atoms with Crippen molar-refractivity contribution in [2.24, 2.45) is 0 Å². The average molecular weight is 556 g/mol. The SMILES string of the molecule is Nc1ccccc1NC(=O)C=Cc1ccc(C(NCCN2CCSCC2)C(=O)Nc2ccc(C3CC3)cc2)cc1. The molecule has 3 aromatic rings. The predicted octanol–water partition coefficient (Wildman–Crippen LogP) is 5.12. The number of hydrogen-bond acceptors (Lipinski definition) is 6. The normalized spacial score (nSPS) is 16.5. The second kappa shape index (κ2) is 13.7. The summed E-state index contributed by atoms with van der Waals surface area (Å²) in [5, 5.41) is 9.39. The van der Waals surface area contributed by atoms with Crippen LogP contribution in [0.25, 0.3) is 6.08 Å². The monoisotopic (exact) mass is 555 g/mol. The molecule has 5 N–H and O–H groups in total. The van der Waals surface area contributed by atoms with Gasteiger partial charge in [0.1, 0.15) is 6.04 Å². The summed E-state index contributed by atoms with van der Waals surface area (Å²) in [5.41, 5.74) is 10.9. The number of rotatable bonds is 11. The summed E-state index contributed by atoms with van der Waals surface area (Å²) in [6.07, 6.45) is 5.73. The van der Waals surface area contributed by atoms with Crippen LogP contribution in [0.15, 0.2) is 78.9 Å². The average Bonchev–Trinajstić information content (AvgIpc) is 3.83. The lowest BCUT2D eigenvalue weighted by molar-refractivity contribution is -0.118. The van der Waals surface area contributed by atoms with Gasteiger partial charge in [0.2, 0.25) is 11.8 Å². The lowest BCUT2D eigenvalue weighted by Gasteiger charge is -2.27. The maximum Gasteiger partial charge on any atom is 0.248 e. The van der Waals surface area contributed by atoms with Gasteiger partial charge in [-0.05, 0) is 65.8 Å². The Hall–Kier alpha value is -3.59. The Morgan fingerprint density at radius 3 is 2.38 bits per heavy atom. The van der Waals surface area contributed by atoms with Gasteiger partial charge in [-0.25, -0.2) is 0 Å². The lowest BCUT2D eigenvalue weighted by atomic mass is 10.0. The molecule has 2 amide bonds. The molecule has 2 fully saturated rings. The van der Waals surface area contributed by atoms with Crippen LogP contribution in [-0.4, -0.2) is 54.4 Å². The first-order valence-electron chi connectivity index (χ1n) is 13.9. The highest BCUT2D eigenvalue weighted by Crippen LogP contribution is 2.40. The zero-order chi connectivity index (χ0) is 27.7. The fourth-order valence-corrected chi connectivity index (χ4v) is 5.76. The standard InChI is InChI=1S/C32H37N5O2S/c33-28-3-1-2-4-29(28)36-30(38)16-7-23-5-8-26(9-6-23)31(34-17-18-37-19-21-40-22-20-37)32(39)35-27-14-12-25(13-15-27)24-10-11-24/h1-9,12-16,24,31,34H,10-11,17-22,33H2,(H,35,39)(H,36,38). The molecule has 1 heterocycles. The fourth-order valence-electron chi connectivity index (χ4n) is 4.78. The number of hydrogen-bond donors (Lipinski definition) is 4. The lowest BCUT2D eigenvalue weighted by Crippen LogP contribution is -2.41. The van der Waals surface area contributed by atoms with E-state index in [0.717, 1.165) is 48.0 Å². The number of thioether (sulfide) groups is 1. The number of nitrogen functional groups attached to an aromatic ring is 1. The van der Waals surface area contributed by atoms with E-state index in [0.29, 0.717) is 23.8 Å². The van der Waals surface area contributed by atoms with E-state index in [-0.39, 0.29) is 11.8 Å². The first kappa shape index (κ1) is 28.0. The number of para-hydroxylation sites is 2. The number of amides is 2. The van der Waals surface area contributed by atoms with Crippen LogP contribution in [-0.2, 0) is 9.59 Å². The number of carbonyl (C=O) groups is 2. The quantitative estimate of drug-likeness (QED) is 0.194. The van der Waals surface area contributed by atoms with E-state index in [9.17, 15) is 9.59 Å². The van der Waals surface area contributed by atoms with Crippen molar-refractivity contribution in [3.63, 3.8) is 0 Å². The van der Waals surface area contributed by atoms with E-state index >= 15 is 0 Å². The molecule has 1 aliphatic heterocycles. The van der Waals surface area contributed by atoms with E-state index in [1.807, 2.05) is 60.3 Å². The van der Waals surface area contributed by atoms with Gasteiger partial charge in [0, 0.05) is 49.4 Å². The van der Waals surface area contributed by atoms with Crippen molar-refractivity contribution in [3.8, 4) is 0 Å². The fraction of sp³-hybridized carbons (Fsp3) is 0.312. The van der Waals surface area contributed by atoms with Gasteiger partial charge in [0.25, 0.3) is 0 Å². The third-order valence-electron chi connectivity index (χ3n) is 7.28. The van der Waals surface area contributed by atoms with Crippen LogP contribution >= 0.6 is 11.8 Å². The van der Waals surface area contributed by atoms with Crippen molar-refractivity contribution in [1.82, 2.24) is 10.2 Å². The van der Waals surface area contributed by atoms with Crippen LogP contribution in [0.5, 0.6) is 0 Å². The van der Waals surface area contributed by atoms with E-state index in [1.54, 1.807) is 18.2 Å². The number of nitrogens with two attached hydrogens (primary N) is 1. The van der Waals surface area contributed by atoms with Crippen molar-refractivity contribution in [1.29, 1.82) is 0 Å². The molecule has 7 nitrogen and oxygen atoms in total. The first-order chi connectivity index (χ1) is 19.5. The van der Waals surface area contributed by atoms with Gasteiger partial charge in [-0.3, -0.25) is 9.59 Å². The van der Waals surface area contributed by atoms with Gasteiger partial charge in [-0.15, -0.1) is 0 Å². The number of benzene rings is 3. The van der Waals surface area contributed by atoms with Gasteiger partial charge in [0.05, 0.1) is 11.4 Å².